The van der Waals surface area contributed by atoms with Gasteiger partial charge in [-0.2, -0.15) is 0 Å². The summed E-state index contributed by atoms with van der Waals surface area (Å²) in [5.41, 5.74) is 1.67. The number of anilines is 1. The zero-order chi connectivity index (χ0) is 17.9. The van der Waals surface area contributed by atoms with Crippen LogP contribution >= 0.6 is 0 Å². The van der Waals surface area contributed by atoms with Crippen molar-refractivity contribution in [2.24, 2.45) is 0 Å². The average Bonchev–Trinajstić information content (AvgIpc) is 2.68. The number of ketones is 1. The van der Waals surface area contributed by atoms with E-state index in [1.807, 2.05) is 42.5 Å². The number of fused-ring (bicyclic) bond motifs is 2. The quantitative estimate of drug-likeness (QED) is 0.644. The molecular weight excluding hydrogens is 326 g/mol. The molecule has 0 fully saturated rings. The highest BCUT2D eigenvalue weighted by atomic mass is 16.5. The molecule has 0 aromatic heterocycles. The zero-order valence-electron chi connectivity index (χ0n) is 14.8. The molecule has 0 saturated carbocycles. The van der Waals surface area contributed by atoms with Gasteiger partial charge in [-0.3, -0.25) is 4.79 Å². The maximum atomic E-state index is 11.7. The van der Waals surface area contributed by atoms with E-state index in [9.17, 15) is 4.79 Å². The number of ether oxygens (including phenoxy) is 2. The third-order valence-electron chi connectivity index (χ3n) is 4.69. The van der Waals surface area contributed by atoms with Crippen molar-refractivity contribution in [3.63, 3.8) is 0 Å². The lowest BCUT2D eigenvalue weighted by molar-refractivity contribution is 0.101. The molecule has 0 aliphatic carbocycles. The fourth-order valence-corrected chi connectivity index (χ4v) is 3.31. The van der Waals surface area contributed by atoms with Gasteiger partial charge in [0.1, 0.15) is 24.7 Å². The first-order valence-corrected chi connectivity index (χ1v) is 8.86. The minimum absolute atomic E-state index is 0.0605. The molecule has 4 rings (SSSR count). The van der Waals surface area contributed by atoms with Gasteiger partial charge in [-0.25, -0.2) is 0 Å². The van der Waals surface area contributed by atoms with Crippen molar-refractivity contribution < 1.29 is 14.3 Å². The minimum Gasteiger partial charge on any atom is -0.491 e. The van der Waals surface area contributed by atoms with Crippen LogP contribution in [-0.2, 0) is 0 Å². The molecule has 3 aromatic rings. The molecule has 0 unspecified atom stereocenters. The summed E-state index contributed by atoms with van der Waals surface area (Å²) in [5.74, 6) is 1.78. The van der Waals surface area contributed by atoms with Gasteiger partial charge in [-0.05, 0) is 36.6 Å². The zero-order valence-corrected chi connectivity index (χ0v) is 14.8. The fraction of sp³-hybridized carbons (Fsp3) is 0.227. The van der Waals surface area contributed by atoms with Gasteiger partial charge in [0.2, 0.25) is 0 Å². The van der Waals surface area contributed by atoms with Gasteiger partial charge < -0.3 is 14.4 Å². The van der Waals surface area contributed by atoms with Gasteiger partial charge in [0.15, 0.2) is 5.78 Å². The highest BCUT2D eigenvalue weighted by Gasteiger charge is 2.19. The van der Waals surface area contributed by atoms with Gasteiger partial charge in [-0.15, -0.1) is 0 Å². The van der Waals surface area contributed by atoms with E-state index in [2.05, 4.69) is 23.1 Å². The van der Waals surface area contributed by atoms with Crippen molar-refractivity contribution in [3.8, 4) is 11.5 Å². The molecule has 3 aromatic carbocycles. The van der Waals surface area contributed by atoms with Crippen molar-refractivity contribution in [2.75, 3.05) is 31.2 Å². The van der Waals surface area contributed by atoms with E-state index in [-0.39, 0.29) is 5.78 Å². The van der Waals surface area contributed by atoms with E-state index in [0.29, 0.717) is 18.8 Å². The molecule has 0 N–H and O–H groups in total. The van der Waals surface area contributed by atoms with Crippen LogP contribution in [0.3, 0.4) is 0 Å². The van der Waals surface area contributed by atoms with E-state index >= 15 is 0 Å². The number of benzene rings is 3. The molecule has 0 saturated heterocycles. The van der Waals surface area contributed by atoms with E-state index in [1.165, 1.54) is 5.39 Å². The maximum Gasteiger partial charge on any atom is 0.159 e. The molecule has 0 radical (unpaired) electrons. The second-order valence-corrected chi connectivity index (χ2v) is 6.40. The van der Waals surface area contributed by atoms with Crippen LogP contribution in [0, 0.1) is 0 Å². The topological polar surface area (TPSA) is 38.8 Å². The Kier molecular flexibility index (Phi) is 4.48. The molecule has 132 valence electrons. The SMILES string of the molecule is CC(=O)c1ccc2c(c1)N(CCOc1cccc3ccccc13)CCO2. The van der Waals surface area contributed by atoms with Crippen LogP contribution in [0.1, 0.15) is 17.3 Å². The van der Waals surface area contributed by atoms with E-state index < -0.39 is 0 Å². The predicted molar refractivity (Wildman–Crippen MR) is 104 cm³/mol. The Balaban J connectivity index is 1.49. The molecule has 1 aliphatic heterocycles. The number of hydrogen-bond donors (Lipinski definition) is 0. The Morgan fingerprint density at radius 1 is 1.12 bits per heavy atom. The van der Waals surface area contributed by atoms with Crippen LogP contribution in [-0.4, -0.2) is 32.1 Å². The van der Waals surface area contributed by atoms with Crippen LogP contribution in [0.5, 0.6) is 11.5 Å². The molecular formula is C22H21NO3. The lowest BCUT2D eigenvalue weighted by Gasteiger charge is -2.31. The van der Waals surface area contributed by atoms with Crippen LogP contribution in [0.15, 0.2) is 60.7 Å². The summed E-state index contributed by atoms with van der Waals surface area (Å²) in [6.07, 6.45) is 0. The monoisotopic (exact) mass is 347 g/mol. The Hall–Kier alpha value is -3.01. The van der Waals surface area contributed by atoms with Gasteiger partial charge in [-0.1, -0.05) is 36.4 Å². The standard InChI is InChI=1S/C22H21NO3/c1-16(24)18-9-10-22-20(15-18)23(12-14-26-22)11-13-25-21-8-4-6-17-5-2-3-7-19(17)21/h2-10,15H,11-14H2,1H3. The maximum absolute atomic E-state index is 11.7. The van der Waals surface area contributed by atoms with Crippen molar-refractivity contribution in [2.45, 2.75) is 6.92 Å². The predicted octanol–water partition coefficient (Wildman–Crippen LogP) is 4.32. The van der Waals surface area contributed by atoms with Crippen molar-refractivity contribution in [3.05, 3.63) is 66.2 Å². The molecule has 1 aliphatic rings. The second-order valence-electron chi connectivity index (χ2n) is 6.40. The molecule has 0 bridgehead atoms. The Morgan fingerprint density at radius 2 is 1.96 bits per heavy atom. The summed E-state index contributed by atoms with van der Waals surface area (Å²) in [4.78, 5) is 13.9. The third-order valence-corrected chi connectivity index (χ3v) is 4.69. The number of carbonyl (C=O) groups excluding carboxylic acids is 1. The normalized spacial score (nSPS) is 13.2. The minimum atomic E-state index is 0.0605. The Morgan fingerprint density at radius 3 is 2.85 bits per heavy atom. The van der Waals surface area contributed by atoms with Crippen LogP contribution in [0.25, 0.3) is 10.8 Å². The number of carbonyl (C=O) groups is 1. The number of hydrogen-bond acceptors (Lipinski definition) is 4. The van der Waals surface area contributed by atoms with Gasteiger partial charge in [0.25, 0.3) is 0 Å². The molecule has 0 atom stereocenters. The fourth-order valence-electron chi connectivity index (χ4n) is 3.31. The molecule has 26 heavy (non-hydrogen) atoms. The van der Waals surface area contributed by atoms with Crippen molar-refractivity contribution >= 4 is 22.2 Å². The average molecular weight is 347 g/mol. The van der Waals surface area contributed by atoms with Crippen LogP contribution in [0.4, 0.5) is 5.69 Å². The highest BCUT2D eigenvalue weighted by Crippen LogP contribution is 2.32. The van der Waals surface area contributed by atoms with Crippen molar-refractivity contribution in [1.82, 2.24) is 0 Å². The van der Waals surface area contributed by atoms with Gasteiger partial charge in [0, 0.05) is 10.9 Å². The number of Topliss-reactive ketones (excluding diaryl/α,β-unsaturated/α-hetero) is 1. The van der Waals surface area contributed by atoms with Crippen molar-refractivity contribution in [1.29, 1.82) is 0 Å². The lowest BCUT2D eigenvalue weighted by atomic mass is 10.1. The molecule has 1 heterocycles. The molecule has 0 amide bonds. The first kappa shape index (κ1) is 16.5. The highest BCUT2D eigenvalue weighted by molar-refractivity contribution is 5.95. The second kappa shape index (κ2) is 7.08. The summed E-state index contributed by atoms with van der Waals surface area (Å²) < 4.78 is 11.8. The smallest absolute Gasteiger partial charge is 0.159 e. The first-order valence-electron chi connectivity index (χ1n) is 8.86. The van der Waals surface area contributed by atoms with E-state index in [4.69, 9.17) is 9.47 Å². The summed E-state index contributed by atoms with van der Waals surface area (Å²) in [5, 5.41) is 2.30. The van der Waals surface area contributed by atoms with Crippen LogP contribution < -0.4 is 14.4 Å². The lowest BCUT2D eigenvalue weighted by Crippen LogP contribution is -2.36. The molecule has 4 heteroatoms. The summed E-state index contributed by atoms with van der Waals surface area (Å²) in [6, 6.07) is 19.9. The Bertz CT molecular complexity index is 946. The number of rotatable bonds is 5. The molecule has 0 spiro atoms. The Labute approximate surface area is 153 Å². The summed E-state index contributed by atoms with van der Waals surface area (Å²) >= 11 is 0. The first-order chi connectivity index (χ1) is 12.7. The third kappa shape index (κ3) is 3.23. The van der Waals surface area contributed by atoms with Crippen LogP contribution in [0.2, 0.25) is 0 Å². The van der Waals surface area contributed by atoms with E-state index in [1.54, 1.807) is 6.92 Å². The van der Waals surface area contributed by atoms with E-state index in [0.717, 1.165) is 35.7 Å². The van der Waals surface area contributed by atoms with Gasteiger partial charge >= 0.3 is 0 Å². The summed E-state index contributed by atoms with van der Waals surface area (Å²) in [6.45, 7) is 4.31. The van der Waals surface area contributed by atoms with Gasteiger partial charge in [0.05, 0.1) is 18.8 Å². The largest absolute Gasteiger partial charge is 0.491 e. The summed E-state index contributed by atoms with van der Waals surface area (Å²) in [7, 11) is 0. The molecule has 4 nitrogen and oxygen atoms in total. The number of nitrogens with zero attached hydrogens (tertiary/aromatic N) is 1.